The van der Waals surface area contributed by atoms with Gasteiger partial charge in [0.2, 0.25) is 0 Å². The van der Waals surface area contributed by atoms with E-state index >= 15 is 0 Å². The fraction of sp³-hybridized carbons (Fsp3) is 0.0667. The third-order valence-electron chi connectivity index (χ3n) is 3.14. The van der Waals surface area contributed by atoms with E-state index in [0.29, 0.717) is 16.1 Å². The van der Waals surface area contributed by atoms with Crippen LogP contribution in [0.5, 0.6) is 0 Å². The zero-order valence-electron chi connectivity index (χ0n) is 11.1. The van der Waals surface area contributed by atoms with Crippen molar-refractivity contribution in [2.24, 2.45) is 0 Å². The summed E-state index contributed by atoms with van der Waals surface area (Å²) in [6.45, 7) is 1.88. The predicted octanol–water partition coefficient (Wildman–Crippen LogP) is 4.23. The van der Waals surface area contributed by atoms with Crippen molar-refractivity contribution in [3.8, 4) is 0 Å². The van der Waals surface area contributed by atoms with Crippen molar-refractivity contribution < 1.29 is 14.3 Å². The summed E-state index contributed by atoms with van der Waals surface area (Å²) < 4.78 is 5.53. The second-order valence-corrected chi connectivity index (χ2v) is 4.95. The van der Waals surface area contributed by atoms with Crippen LogP contribution in [0.3, 0.4) is 0 Å². The van der Waals surface area contributed by atoms with Gasteiger partial charge >= 0.3 is 5.97 Å². The van der Waals surface area contributed by atoms with Gasteiger partial charge in [-0.3, -0.25) is 0 Å². The number of carboxylic acids is 1. The van der Waals surface area contributed by atoms with Gasteiger partial charge in [0.1, 0.15) is 5.52 Å². The number of halogens is 1. The molecule has 0 aliphatic heterocycles. The minimum Gasteiger partial charge on any atom is -0.478 e. The molecule has 106 valence electrons. The molecule has 0 bridgehead atoms. The summed E-state index contributed by atoms with van der Waals surface area (Å²) in [5, 5.41) is 12.6. The molecule has 21 heavy (non-hydrogen) atoms. The number of nitrogens with one attached hydrogen (secondary N) is 1. The molecule has 3 rings (SSSR count). The van der Waals surface area contributed by atoms with E-state index in [1.807, 2.05) is 19.1 Å². The molecular weight excluding hydrogens is 292 g/mol. The Labute approximate surface area is 125 Å². The third kappa shape index (κ3) is 2.55. The first-order chi connectivity index (χ1) is 10.0. The average molecular weight is 303 g/mol. The van der Waals surface area contributed by atoms with Gasteiger partial charge in [-0.05, 0) is 42.8 Å². The fourth-order valence-corrected chi connectivity index (χ4v) is 2.14. The van der Waals surface area contributed by atoms with Crippen molar-refractivity contribution in [2.45, 2.75) is 6.92 Å². The number of rotatable bonds is 3. The molecule has 1 heterocycles. The van der Waals surface area contributed by atoms with Crippen LogP contribution in [-0.2, 0) is 0 Å². The maximum atomic E-state index is 10.9. The first-order valence-corrected chi connectivity index (χ1v) is 6.58. The molecule has 0 aliphatic carbocycles. The molecule has 6 heteroatoms. The Balaban J connectivity index is 1.98. The summed E-state index contributed by atoms with van der Waals surface area (Å²) in [6.07, 6.45) is 0. The normalized spacial score (nSPS) is 10.8. The Morgan fingerprint density at radius 3 is 2.90 bits per heavy atom. The number of hydrogen-bond donors (Lipinski definition) is 2. The summed E-state index contributed by atoms with van der Waals surface area (Å²) in [7, 11) is 0. The summed E-state index contributed by atoms with van der Waals surface area (Å²) in [6, 6.07) is 10.3. The first-order valence-electron chi connectivity index (χ1n) is 6.20. The number of aromatic nitrogens is 1. The number of hydrogen-bond acceptors (Lipinski definition) is 4. The maximum Gasteiger partial charge on any atom is 0.335 e. The van der Waals surface area contributed by atoms with E-state index in [2.05, 4.69) is 10.3 Å². The van der Waals surface area contributed by atoms with E-state index in [-0.39, 0.29) is 11.6 Å². The summed E-state index contributed by atoms with van der Waals surface area (Å²) >= 11 is 6.06. The van der Waals surface area contributed by atoms with Gasteiger partial charge in [0.15, 0.2) is 5.58 Å². The van der Waals surface area contributed by atoms with Crippen LogP contribution in [0, 0.1) is 6.92 Å². The molecule has 0 saturated heterocycles. The number of nitrogens with zero attached hydrogens (tertiary/aromatic N) is 1. The average Bonchev–Trinajstić information content (AvgIpc) is 2.85. The lowest BCUT2D eigenvalue weighted by Gasteiger charge is -2.06. The molecule has 3 aromatic rings. The smallest absolute Gasteiger partial charge is 0.335 e. The van der Waals surface area contributed by atoms with Crippen molar-refractivity contribution in [2.75, 3.05) is 5.32 Å². The Morgan fingerprint density at radius 1 is 1.33 bits per heavy atom. The quantitative estimate of drug-likeness (QED) is 0.757. The molecule has 0 aliphatic rings. The zero-order chi connectivity index (χ0) is 15.0. The molecule has 0 saturated carbocycles. The van der Waals surface area contributed by atoms with E-state index in [1.165, 1.54) is 12.1 Å². The number of aromatic carboxylic acids is 1. The minimum absolute atomic E-state index is 0.157. The molecule has 0 spiro atoms. The van der Waals surface area contributed by atoms with Gasteiger partial charge in [-0.2, -0.15) is 4.98 Å². The summed E-state index contributed by atoms with van der Waals surface area (Å²) in [4.78, 5) is 15.2. The molecule has 0 unspecified atom stereocenters. The number of oxazole rings is 1. The highest BCUT2D eigenvalue weighted by atomic mass is 35.5. The lowest BCUT2D eigenvalue weighted by atomic mass is 10.2. The van der Waals surface area contributed by atoms with Crippen molar-refractivity contribution >= 4 is 40.4 Å². The van der Waals surface area contributed by atoms with Crippen LogP contribution in [0.2, 0.25) is 5.02 Å². The first kappa shape index (κ1) is 13.5. The number of carbonyl (C=O) groups is 1. The maximum absolute atomic E-state index is 10.9. The van der Waals surface area contributed by atoms with Crippen molar-refractivity contribution in [1.82, 2.24) is 4.98 Å². The summed E-state index contributed by atoms with van der Waals surface area (Å²) in [5.74, 6) is -1.01. The highest BCUT2D eigenvalue weighted by Crippen LogP contribution is 2.28. The number of fused-ring (bicyclic) bond motifs is 1. The van der Waals surface area contributed by atoms with Gasteiger partial charge in [0.05, 0.1) is 5.56 Å². The molecule has 0 fully saturated rings. The lowest BCUT2D eigenvalue weighted by Crippen LogP contribution is -1.94. The SMILES string of the molecule is Cc1c(Cl)cccc1Nc1nc2ccc(C(=O)O)cc2o1. The van der Waals surface area contributed by atoms with Crippen molar-refractivity contribution in [3.05, 3.63) is 52.5 Å². The highest BCUT2D eigenvalue weighted by molar-refractivity contribution is 6.31. The Morgan fingerprint density at radius 2 is 2.14 bits per heavy atom. The monoisotopic (exact) mass is 302 g/mol. The van der Waals surface area contributed by atoms with E-state index in [9.17, 15) is 4.79 Å². The predicted molar refractivity (Wildman–Crippen MR) is 80.4 cm³/mol. The van der Waals surface area contributed by atoms with E-state index in [0.717, 1.165) is 11.3 Å². The van der Waals surface area contributed by atoms with Crippen LogP contribution in [0.1, 0.15) is 15.9 Å². The second kappa shape index (κ2) is 5.10. The Kier molecular flexibility index (Phi) is 3.27. The van der Waals surface area contributed by atoms with Gasteiger partial charge < -0.3 is 14.8 Å². The van der Waals surface area contributed by atoms with Crippen LogP contribution >= 0.6 is 11.6 Å². The number of carboxylic acid groups (broad SMARTS) is 1. The molecule has 0 atom stereocenters. The minimum atomic E-state index is -1.01. The second-order valence-electron chi connectivity index (χ2n) is 4.54. The van der Waals surface area contributed by atoms with Gasteiger partial charge in [-0.1, -0.05) is 17.7 Å². The standard InChI is InChI=1S/C15H11ClN2O3/c1-8-10(16)3-2-4-11(8)17-15-18-12-6-5-9(14(19)20)7-13(12)21-15/h2-7H,1H3,(H,17,18)(H,19,20). The largest absolute Gasteiger partial charge is 0.478 e. The third-order valence-corrected chi connectivity index (χ3v) is 3.55. The number of anilines is 2. The Bertz CT molecular complexity index is 842. The highest BCUT2D eigenvalue weighted by Gasteiger charge is 2.11. The lowest BCUT2D eigenvalue weighted by molar-refractivity contribution is 0.0697. The van der Waals surface area contributed by atoms with Crippen molar-refractivity contribution in [1.29, 1.82) is 0 Å². The molecule has 2 N–H and O–H groups in total. The van der Waals surface area contributed by atoms with Gasteiger partial charge in [0.25, 0.3) is 6.01 Å². The topological polar surface area (TPSA) is 75.4 Å². The van der Waals surface area contributed by atoms with Gasteiger partial charge in [-0.15, -0.1) is 0 Å². The molecular formula is C15H11ClN2O3. The molecule has 2 aromatic carbocycles. The zero-order valence-corrected chi connectivity index (χ0v) is 11.8. The van der Waals surface area contributed by atoms with Crippen LogP contribution < -0.4 is 5.32 Å². The van der Waals surface area contributed by atoms with E-state index in [1.54, 1.807) is 12.1 Å². The van der Waals surface area contributed by atoms with Gasteiger partial charge in [-0.25, -0.2) is 4.79 Å². The van der Waals surface area contributed by atoms with Crippen LogP contribution in [0.4, 0.5) is 11.7 Å². The molecule has 1 aromatic heterocycles. The van der Waals surface area contributed by atoms with Crippen LogP contribution in [0.15, 0.2) is 40.8 Å². The van der Waals surface area contributed by atoms with E-state index < -0.39 is 5.97 Å². The van der Waals surface area contributed by atoms with Crippen LogP contribution in [0.25, 0.3) is 11.1 Å². The Hall–Kier alpha value is -2.53. The molecule has 5 nitrogen and oxygen atoms in total. The fourth-order valence-electron chi connectivity index (χ4n) is 1.97. The van der Waals surface area contributed by atoms with Crippen LogP contribution in [-0.4, -0.2) is 16.1 Å². The van der Waals surface area contributed by atoms with E-state index in [4.69, 9.17) is 21.1 Å². The van der Waals surface area contributed by atoms with Crippen molar-refractivity contribution in [3.63, 3.8) is 0 Å². The molecule has 0 amide bonds. The number of benzene rings is 2. The van der Waals surface area contributed by atoms with Gasteiger partial charge in [0, 0.05) is 10.7 Å². The molecule has 0 radical (unpaired) electrons. The summed E-state index contributed by atoms with van der Waals surface area (Å²) in [5.41, 5.74) is 2.82.